The van der Waals surface area contributed by atoms with Crippen LogP contribution in [0.2, 0.25) is 0 Å². The SMILES string of the molecule is COc1cc(OC)cc(C(=O)O/N=C2\C(=O)N(C)c3ccccc32)c1. The monoisotopic (exact) mass is 340 g/mol. The molecule has 0 saturated heterocycles. The number of carbonyl (C=O) groups is 2. The zero-order valence-corrected chi connectivity index (χ0v) is 14.0. The van der Waals surface area contributed by atoms with Crippen molar-refractivity contribution < 1.29 is 23.9 Å². The Morgan fingerprint density at radius 1 is 1.04 bits per heavy atom. The van der Waals surface area contributed by atoms with Crippen molar-refractivity contribution in [1.29, 1.82) is 0 Å². The number of methoxy groups -OCH3 is 2. The minimum Gasteiger partial charge on any atom is -0.497 e. The number of fused-ring (bicyclic) bond motifs is 1. The Kier molecular flexibility index (Phi) is 4.38. The zero-order chi connectivity index (χ0) is 18.0. The summed E-state index contributed by atoms with van der Waals surface area (Å²) in [5.41, 5.74) is 1.62. The number of para-hydroxylation sites is 1. The molecular formula is C18H16N2O5. The Balaban J connectivity index is 1.87. The summed E-state index contributed by atoms with van der Waals surface area (Å²) in [5, 5.41) is 3.78. The van der Waals surface area contributed by atoms with E-state index in [1.54, 1.807) is 31.3 Å². The van der Waals surface area contributed by atoms with E-state index < -0.39 is 5.97 Å². The Labute approximate surface area is 144 Å². The topological polar surface area (TPSA) is 77.4 Å². The highest BCUT2D eigenvalue weighted by Gasteiger charge is 2.32. The molecule has 0 unspecified atom stereocenters. The molecule has 1 aliphatic heterocycles. The molecule has 2 aromatic carbocycles. The van der Waals surface area contributed by atoms with Crippen molar-refractivity contribution >= 4 is 23.3 Å². The highest BCUT2D eigenvalue weighted by Crippen LogP contribution is 2.28. The maximum absolute atomic E-state index is 12.3. The van der Waals surface area contributed by atoms with E-state index in [-0.39, 0.29) is 17.2 Å². The van der Waals surface area contributed by atoms with Gasteiger partial charge in [-0.05, 0) is 18.2 Å². The fraction of sp³-hybridized carbons (Fsp3) is 0.167. The summed E-state index contributed by atoms with van der Waals surface area (Å²) in [6, 6.07) is 11.8. The molecule has 0 saturated carbocycles. The molecule has 0 fully saturated rings. The predicted octanol–water partition coefficient (Wildman–Crippen LogP) is 2.24. The standard InChI is InChI=1S/C18H16N2O5/c1-20-15-7-5-4-6-14(15)16(17(20)21)19-25-18(22)11-8-12(23-2)10-13(9-11)24-3/h4-10H,1-3H3/b19-16-. The van der Waals surface area contributed by atoms with Crippen LogP contribution in [0, 0.1) is 0 Å². The van der Waals surface area contributed by atoms with Crippen molar-refractivity contribution in [3.8, 4) is 11.5 Å². The van der Waals surface area contributed by atoms with Crippen LogP contribution < -0.4 is 14.4 Å². The number of hydrogen-bond acceptors (Lipinski definition) is 6. The fourth-order valence-corrected chi connectivity index (χ4v) is 2.50. The summed E-state index contributed by atoms with van der Waals surface area (Å²) in [6.07, 6.45) is 0. The highest BCUT2D eigenvalue weighted by atomic mass is 16.7. The smallest absolute Gasteiger partial charge is 0.366 e. The van der Waals surface area contributed by atoms with Gasteiger partial charge in [0.15, 0.2) is 5.71 Å². The van der Waals surface area contributed by atoms with Gasteiger partial charge < -0.3 is 19.2 Å². The molecule has 7 heteroatoms. The van der Waals surface area contributed by atoms with Gasteiger partial charge in [-0.3, -0.25) is 4.79 Å². The van der Waals surface area contributed by atoms with Crippen LogP contribution in [0.4, 0.5) is 5.69 Å². The van der Waals surface area contributed by atoms with E-state index in [4.69, 9.17) is 14.3 Å². The van der Waals surface area contributed by atoms with Crippen molar-refractivity contribution in [2.24, 2.45) is 5.16 Å². The van der Waals surface area contributed by atoms with E-state index in [1.807, 2.05) is 6.07 Å². The number of amides is 1. The minimum atomic E-state index is -0.718. The molecule has 1 amide bonds. The Bertz CT molecular complexity index is 853. The number of likely N-dealkylation sites (N-methyl/N-ethyl adjacent to an activating group) is 1. The normalized spacial score (nSPS) is 14.4. The van der Waals surface area contributed by atoms with Gasteiger partial charge in [0.2, 0.25) is 0 Å². The van der Waals surface area contributed by atoms with E-state index in [9.17, 15) is 9.59 Å². The largest absolute Gasteiger partial charge is 0.497 e. The Hall–Kier alpha value is -3.35. The van der Waals surface area contributed by atoms with Gasteiger partial charge in [0.05, 0.1) is 25.5 Å². The quantitative estimate of drug-likeness (QED) is 0.630. The molecule has 0 radical (unpaired) electrons. The van der Waals surface area contributed by atoms with Crippen LogP contribution in [-0.4, -0.2) is 38.9 Å². The first kappa shape index (κ1) is 16.5. The molecule has 7 nitrogen and oxygen atoms in total. The number of ether oxygens (including phenoxy) is 2. The Morgan fingerprint density at radius 3 is 2.32 bits per heavy atom. The van der Waals surface area contributed by atoms with Gasteiger partial charge in [-0.25, -0.2) is 4.79 Å². The number of rotatable bonds is 4. The van der Waals surface area contributed by atoms with Gasteiger partial charge in [-0.15, -0.1) is 0 Å². The lowest BCUT2D eigenvalue weighted by atomic mass is 10.1. The predicted molar refractivity (Wildman–Crippen MR) is 91.4 cm³/mol. The second-order valence-electron chi connectivity index (χ2n) is 5.30. The van der Waals surface area contributed by atoms with E-state index in [0.29, 0.717) is 22.7 Å². The molecule has 25 heavy (non-hydrogen) atoms. The van der Waals surface area contributed by atoms with Crippen LogP contribution in [0.5, 0.6) is 11.5 Å². The van der Waals surface area contributed by atoms with E-state index in [0.717, 1.165) is 0 Å². The summed E-state index contributed by atoms with van der Waals surface area (Å²) in [7, 11) is 4.60. The number of hydrogen-bond donors (Lipinski definition) is 0. The van der Waals surface area contributed by atoms with Gasteiger partial charge in [0.25, 0.3) is 5.91 Å². The number of nitrogens with zero attached hydrogens (tertiary/aromatic N) is 2. The first-order valence-electron chi connectivity index (χ1n) is 7.45. The molecule has 1 aliphatic rings. The lowest BCUT2D eigenvalue weighted by molar-refractivity contribution is -0.112. The van der Waals surface area contributed by atoms with Gasteiger partial charge >= 0.3 is 5.97 Å². The third kappa shape index (κ3) is 3.03. The molecule has 3 rings (SSSR count). The lowest BCUT2D eigenvalue weighted by Gasteiger charge is -2.07. The van der Waals surface area contributed by atoms with Crippen LogP contribution in [-0.2, 0) is 9.63 Å². The second kappa shape index (κ2) is 6.64. The van der Waals surface area contributed by atoms with Crippen LogP contribution in [0.3, 0.4) is 0 Å². The van der Waals surface area contributed by atoms with Crippen molar-refractivity contribution in [3.05, 3.63) is 53.6 Å². The summed E-state index contributed by atoms with van der Waals surface area (Å²) in [5.74, 6) is -0.163. The molecule has 0 N–H and O–H groups in total. The average Bonchev–Trinajstić information content (AvgIpc) is 2.90. The van der Waals surface area contributed by atoms with Gasteiger partial charge in [0, 0.05) is 18.7 Å². The summed E-state index contributed by atoms with van der Waals surface area (Å²) in [6.45, 7) is 0. The minimum absolute atomic E-state index is 0.0845. The van der Waals surface area contributed by atoms with Crippen molar-refractivity contribution in [2.75, 3.05) is 26.2 Å². The average molecular weight is 340 g/mol. The van der Waals surface area contributed by atoms with Gasteiger partial charge in [-0.2, -0.15) is 0 Å². The zero-order valence-electron chi connectivity index (χ0n) is 14.0. The lowest BCUT2D eigenvalue weighted by Crippen LogP contribution is -2.25. The van der Waals surface area contributed by atoms with Crippen molar-refractivity contribution in [3.63, 3.8) is 0 Å². The molecular weight excluding hydrogens is 324 g/mol. The van der Waals surface area contributed by atoms with Crippen LogP contribution in [0.1, 0.15) is 15.9 Å². The van der Waals surface area contributed by atoms with Crippen molar-refractivity contribution in [1.82, 2.24) is 0 Å². The maximum Gasteiger partial charge on any atom is 0.366 e. The fourth-order valence-electron chi connectivity index (χ4n) is 2.50. The second-order valence-corrected chi connectivity index (χ2v) is 5.30. The third-order valence-electron chi connectivity index (χ3n) is 3.83. The number of carbonyl (C=O) groups excluding carboxylic acids is 2. The number of anilines is 1. The third-order valence-corrected chi connectivity index (χ3v) is 3.83. The van der Waals surface area contributed by atoms with E-state index in [2.05, 4.69) is 5.16 Å². The van der Waals surface area contributed by atoms with Crippen LogP contribution in [0.15, 0.2) is 47.6 Å². The highest BCUT2D eigenvalue weighted by molar-refractivity contribution is 6.54. The molecule has 1 heterocycles. The number of benzene rings is 2. The molecule has 2 aromatic rings. The molecule has 0 atom stereocenters. The van der Waals surface area contributed by atoms with E-state index >= 15 is 0 Å². The number of oxime groups is 1. The van der Waals surface area contributed by atoms with Gasteiger partial charge in [0.1, 0.15) is 11.5 Å². The summed E-state index contributed by atoms with van der Waals surface area (Å²) in [4.78, 5) is 31.0. The van der Waals surface area contributed by atoms with E-state index in [1.165, 1.54) is 31.3 Å². The first-order valence-corrected chi connectivity index (χ1v) is 7.45. The van der Waals surface area contributed by atoms with Gasteiger partial charge in [-0.1, -0.05) is 23.4 Å². The first-order chi connectivity index (χ1) is 12.0. The Morgan fingerprint density at radius 2 is 1.68 bits per heavy atom. The molecule has 0 bridgehead atoms. The molecule has 0 spiro atoms. The summed E-state index contributed by atoms with van der Waals surface area (Å²) < 4.78 is 10.2. The van der Waals surface area contributed by atoms with Crippen LogP contribution in [0.25, 0.3) is 0 Å². The molecule has 0 aromatic heterocycles. The van der Waals surface area contributed by atoms with Crippen LogP contribution >= 0.6 is 0 Å². The molecule has 0 aliphatic carbocycles. The van der Waals surface area contributed by atoms with Crippen molar-refractivity contribution in [2.45, 2.75) is 0 Å². The summed E-state index contributed by atoms with van der Waals surface area (Å²) >= 11 is 0. The maximum atomic E-state index is 12.3. The molecule has 128 valence electrons.